The quantitative estimate of drug-likeness (QED) is 0.318. The highest BCUT2D eigenvalue weighted by Crippen LogP contribution is 2.46. The summed E-state index contributed by atoms with van der Waals surface area (Å²) in [5.41, 5.74) is 6.77. The van der Waals surface area contributed by atoms with Gasteiger partial charge in [0.1, 0.15) is 16.7 Å². The van der Waals surface area contributed by atoms with E-state index in [9.17, 15) is 14.7 Å². The van der Waals surface area contributed by atoms with Crippen molar-refractivity contribution >= 4 is 36.1 Å². The molecule has 0 aliphatic rings. The molecular weight excluding hydrogens is 418 g/mol. The third kappa shape index (κ3) is 4.21. The second-order valence-electron chi connectivity index (χ2n) is 6.08. The minimum atomic E-state index is -1.85. The summed E-state index contributed by atoms with van der Waals surface area (Å²) in [7, 11) is 2.59. The number of rotatable bonds is 8. The Hall–Kier alpha value is -2.24. The van der Waals surface area contributed by atoms with Gasteiger partial charge >= 0.3 is 5.97 Å². The number of nitrogens with two attached hydrogens (primary N) is 1. The highest BCUT2D eigenvalue weighted by atomic mass is 32.2. The molecule has 0 amide bonds. The molecule has 2 unspecified atom stereocenters. The molecule has 2 rings (SSSR count). The zero-order valence-corrected chi connectivity index (χ0v) is 18.4. The van der Waals surface area contributed by atoms with Crippen molar-refractivity contribution in [3.8, 4) is 11.5 Å². The summed E-state index contributed by atoms with van der Waals surface area (Å²) < 4.78 is 15.1. The van der Waals surface area contributed by atoms with E-state index in [1.54, 1.807) is 20.8 Å². The summed E-state index contributed by atoms with van der Waals surface area (Å²) in [6.07, 6.45) is 0. The number of methoxy groups -OCH3 is 2. The molecule has 9 nitrogen and oxygen atoms in total. The van der Waals surface area contributed by atoms with Crippen LogP contribution in [0.2, 0.25) is 0 Å². The molecule has 2 aromatic rings. The number of ketones is 1. The number of hydrogen-bond donors (Lipinski definition) is 3. The smallest absolute Gasteiger partial charge is 0.338 e. The molecule has 0 saturated heterocycles. The number of Topliss-reactive ketones (excluding diaryl/α,β-unsaturated/α-hetero) is 1. The van der Waals surface area contributed by atoms with Gasteiger partial charge in [-0.1, -0.05) is 12.1 Å². The number of aromatic nitrogens is 2. The fourth-order valence-corrected chi connectivity index (χ4v) is 4.38. The van der Waals surface area contributed by atoms with Crippen molar-refractivity contribution in [3.63, 3.8) is 0 Å². The number of carbonyl (C=O) groups is 2. The Bertz CT molecular complexity index is 933. The minimum Gasteiger partial charge on any atom is -0.507 e. The molecule has 11 heteroatoms. The number of carbonyl (C=O) groups excluding carboxylic acids is 2. The second kappa shape index (κ2) is 9.06. The molecule has 0 radical (unpaired) electrons. The van der Waals surface area contributed by atoms with Crippen molar-refractivity contribution in [2.45, 2.75) is 30.9 Å². The van der Waals surface area contributed by atoms with E-state index < -0.39 is 21.9 Å². The van der Waals surface area contributed by atoms with Gasteiger partial charge in [-0.15, -0.1) is 11.8 Å². The maximum atomic E-state index is 13.4. The van der Waals surface area contributed by atoms with Gasteiger partial charge in [0, 0.05) is 17.2 Å². The summed E-state index contributed by atoms with van der Waals surface area (Å²) in [4.78, 5) is 28.1. The second-order valence-corrected chi connectivity index (χ2v) is 8.11. The normalized spacial score (nSPS) is 14.2. The SMILES string of the molecule is CCSC(N)(C(=O)C(S)c1nc(C)no1)c1c(O)cc(OC)c(C)c1C(=O)OC. The highest BCUT2D eigenvalue weighted by molar-refractivity contribution is 8.01. The number of aromatic hydroxyl groups is 1. The molecular formula is C18H23N3O6S2. The summed E-state index contributed by atoms with van der Waals surface area (Å²) in [5.74, 6) is -0.847. The molecule has 29 heavy (non-hydrogen) atoms. The van der Waals surface area contributed by atoms with Gasteiger partial charge in [-0.25, -0.2) is 4.79 Å². The van der Waals surface area contributed by atoms with Crippen LogP contribution in [0.15, 0.2) is 10.6 Å². The van der Waals surface area contributed by atoms with Gasteiger partial charge < -0.3 is 24.8 Å². The van der Waals surface area contributed by atoms with Crippen LogP contribution >= 0.6 is 24.4 Å². The standard InChI is InChI=1S/C18H23N3O6S2/c1-6-29-18(19,15(23)14(28)16-20-9(3)21-27-16)13-10(22)7-11(25-4)8(2)12(13)17(24)26-5/h7,14,22,28H,6,19H2,1-5H3. The highest BCUT2D eigenvalue weighted by Gasteiger charge is 2.46. The number of thiol groups is 1. The predicted octanol–water partition coefficient (Wildman–Crippen LogP) is 2.29. The molecule has 0 aliphatic heterocycles. The molecule has 158 valence electrons. The molecule has 1 heterocycles. The van der Waals surface area contributed by atoms with Crippen molar-refractivity contribution in [1.29, 1.82) is 0 Å². The average Bonchev–Trinajstić information content (AvgIpc) is 3.13. The predicted molar refractivity (Wildman–Crippen MR) is 111 cm³/mol. The van der Waals surface area contributed by atoms with Gasteiger partial charge in [0.25, 0.3) is 0 Å². The van der Waals surface area contributed by atoms with Gasteiger partial charge in [0.15, 0.2) is 16.5 Å². The van der Waals surface area contributed by atoms with Gasteiger partial charge in [-0.05, 0) is 19.6 Å². The third-order valence-corrected chi connectivity index (χ3v) is 5.87. The average molecular weight is 442 g/mol. The molecule has 0 saturated carbocycles. The number of phenols is 1. The Labute approximate surface area is 177 Å². The monoisotopic (exact) mass is 441 g/mol. The maximum Gasteiger partial charge on any atom is 0.338 e. The van der Waals surface area contributed by atoms with Crippen LogP contribution in [-0.2, 0) is 14.4 Å². The van der Waals surface area contributed by atoms with Crippen LogP contribution in [0, 0.1) is 13.8 Å². The molecule has 0 spiro atoms. The van der Waals surface area contributed by atoms with Crippen molar-refractivity contribution in [3.05, 3.63) is 34.5 Å². The molecule has 0 aliphatic carbocycles. The topological polar surface area (TPSA) is 138 Å². The minimum absolute atomic E-state index is 0.0355. The fourth-order valence-electron chi connectivity index (χ4n) is 2.92. The van der Waals surface area contributed by atoms with Crippen molar-refractivity contribution in [1.82, 2.24) is 10.1 Å². The number of aryl methyl sites for hydroxylation is 1. The van der Waals surface area contributed by atoms with Gasteiger partial charge in [-0.3, -0.25) is 4.79 Å². The van der Waals surface area contributed by atoms with Crippen LogP contribution in [0.5, 0.6) is 11.5 Å². The largest absolute Gasteiger partial charge is 0.507 e. The van der Waals surface area contributed by atoms with Crippen molar-refractivity contribution in [2.75, 3.05) is 20.0 Å². The zero-order chi connectivity index (χ0) is 21.9. The fraction of sp³-hybridized carbons (Fsp3) is 0.444. The lowest BCUT2D eigenvalue weighted by Crippen LogP contribution is -2.45. The van der Waals surface area contributed by atoms with Crippen molar-refractivity contribution in [2.24, 2.45) is 5.73 Å². The van der Waals surface area contributed by atoms with Crippen LogP contribution < -0.4 is 10.5 Å². The first-order chi connectivity index (χ1) is 13.6. The number of nitrogens with zero attached hydrogens (tertiary/aromatic N) is 2. The Morgan fingerprint density at radius 1 is 1.41 bits per heavy atom. The summed E-state index contributed by atoms with van der Waals surface area (Å²) in [5, 5.41) is 13.2. The van der Waals surface area contributed by atoms with E-state index in [4.69, 9.17) is 19.7 Å². The van der Waals surface area contributed by atoms with Crippen LogP contribution in [0.1, 0.15) is 45.4 Å². The van der Waals surface area contributed by atoms with Crippen LogP contribution in [0.25, 0.3) is 0 Å². The lowest BCUT2D eigenvalue weighted by atomic mass is 9.90. The van der Waals surface area contributed by atoms with Gasteiger partial charge in [-0.2, -0.15) is 17.6 Å². The molecule has 3 N–H and O–H groups in total. The van der Waals surface area contributed by atoms with E-state index in [0.29, 0.717) is 17.1 Å². The number of ether oxygens (including phenoxy) is 2. The van der Waals surface area contributed by atoms with E-state index in [0.717, 1.165) is 11.8 Å². The first-order valence-corrected chi connectivity index (χ1v) is 10.1. The van der Waals surface area contributed by atoms with E-state index in [1.165, 1.54) is 20.3 Å². The molecule has 2 atom stereocenters. The molecule has 1 aromatic carbocycles. The lowest BCUT2D eigenvalue weighted by molar-refractivity contribution is -0.121. The number of hydrogen-bond acceptors (Lipinski definition) is 11. The number of phenolic OH excluding ortho intramolecular Hbond substituents is 1. The summed E-state index contributed by atoms with van der Waals surface area (Å²) in [6.45, 7) is 4.99. The Kier molecular flexibility index (Phi) is 7.20. The van der Waals surface area contributed by atoms with Gasteiger partial charge in [0.05, 0.1) is 19.8 Å². The van der Waals surface area contributed by atoms with Crippen LogP contribution in [-0.4, -0.2) is 47.0 Å². The Morgan fingerprint density at radius 3 is 2.55 bits per heavy atom. The molecule has 0 bridgehead atoms. The first-order valence-electron chi connectivity index (χ1n) is 8.57. The van der Waals surface area contributed by atoms with Gasteiger partial charge in [0.2, 0.25) is 5.89 Å². The number of benzene rings is 1. The van der Waals surface area contributed by atoms with Crippen LogP contribution in [0.4, 0.5) is 0 Å². The summed E-state index contributed by atoms with van der Waals surface area (Å²) in [6, 6.07) is 1.30. The first kappa shape index (κ1) is 23.0. The van der Waals surface area contributed by atoms with E-state index in [2.05, 4.69) is 22.8 Å². The maximum absolute atomic E-state index is 13.4. The van der Waals surface area contributed by atoms with Crippen molar-refractivity contribution < 1.29 is 28.7 Å². The number of esters is 1. The molecule has 1 aromatic heterocycles. The Morgan fingerprint density at radius 2 is 2.07 bits per heavy atom. The van der Waals surface area contributed by atoms with E-state index in [-0.39, 0.29) is 28.5 Å². The lowest BCUT2D eigenvalue weighted by Gasteiger charge is -2.32. The van der Waals surface area contributed by atoms with Crippen LogP contribution in [0.3, 0.4) is 0 Å². The summed E-state index contributed by atoms with van der Waals surface area (Å²) >= 11 is 5.34. The van der Waals surface area contributed by atoms with E-state index >= 15 is 0 Å². The molecule has 0 fully saturated rings. The van der Waals surface area contributed by atoms with E-state index in [1.807, 2.05) is 0 Å². The number of thioether (sulfide) groups is 1. The zero-order valence-electron chi connectivity index (χ0n) is 16.7. The Balaban J connectivity index is 2.75. The third-order valence-electron chi connectivity index (χ3n) is 4.26.